The van der Waals surface area contributed by atoms with E-state index in [0.717, 1.165) is 12.8 Å². The van der Waals surface area contributed by atoms with Crippen LogP contribution in [-0.2, 0) is 86.0 Å². The fourth-order valence-corrected chi connectivity index (χ4v) is 3.50. The van der Waals surface area contributed by atoms with E-state index >= 15 is 0 Å². The zero-order valence-corrected chi connectivity index (χ0v) is 48.7. The van der Waals surface area contributed by atoms with Crippen LogP contribution in [0, 0.1) is 45.3 Å². The average molecular weight is 1030 g/mol. The molecule has 0 aliphatic carbocycles. The first-order valence-electron chi connectivity index (χ1n) is 24.8. The van der Waals surface area contributed by atoms with Gasteiger partial charge in [-0.1, -0.05) is 132 Å². The highest BCUT2D eigenvalue weighted by molar-refractivity contribution is 6.40. The van der Waals surface area contributed by atoms with Crippen LogP contribution in [0.5, 0.6) is 0 Å². The molecule has 0 bridgehead atoms. The van der Waals surface area contributed by atoms with Gasteiger partial charge in [0.2, 0.25) is 43.5 Å². The highest BCUT2D eigenvalue weighted by Crippen LogP contribution is 2.24. The summed E-state index contributed by atoms with van der Waals surface area (Å²) in [6.45, 7) is 41.4. The molecule has 0 radical (unpaired) electrons. The van der Waals surface area contributed by atoms with E-state index < -0.39 is 21.7 Å². The third kappa shape index (κ3) is 42.5. The summed E-state index contributed by atoms with van der Waals surface area (Å²) in [6, 6.07) is 0. The van der Waals surface area contributed by atoms with Crippen LogP contribution in [0.15, 0.2) is 0 Å². The molecule has 18 nitrogen and oxygen atoms in total. The maximum absolute atomic E-state index is 11.5. The van der Waals surface area contributed by atoms with Crippen molar-refractivity contribution in [2.45, 2.75) is 211 Å². The highest BCUT2D eigenvalue weighted by atomic mass is 16.7. The Morgan fingerprint density at radius 3 is 1.03 bits per heavy atom. The summed E-state index contributed by atoms with van der Waals surface area (Å²) in [5.74, 6) is -4.36. The Morgan fingerprint density at radius 2 is 0.736 bits per heavy atom. The molecule has 420 valence electrons. The number of ether oxygens (including phenoxy) is 6. The summed E-state index contributed by atoms with van der Waals surface area (Å²) in [5, 5.41) is 0. The molecule has 72 heavy (non-hydrogen) atoms. The number of carbonyl (C=O) groups is 12. The van der Waals surface area contributed by atoms with Crippen molar-refractivity contribution in [3.05, 3.63) is 0 Å². The molecule has 0 rings (SSSR count). The molecule has 1 unspecified atom stereocenters. The minimum Gasteiger partial charge on any atom is -0.428 e. The van der Waals surface area contributed by atoms with Gasteiger partial charge in [-0.2, -0.15) is 0 Å². The lowest BCUT2D eigenvalue weighted by Gasteiger charge is -2.22. The summed E-state index contributed by atoms with van der Waals surface area (Å²) in [4.78, 5) is 132. The van der Waals surface area contributed by atoms with Crippen molar-refractivity contribution in [1.29, 1.82) is 0 Å². The Labute approximate surface area is 432 Å². The molecule has 0 N–H and O–H groups in total. The standard InChI is InChI=1S/C12H22O4.C10H18O4.C10H18O2.C8H14O4.C8H14O2.C6H10O2/c1-7-12(5,6)10(14)16-8-15-9(13)11(2,3)4;1-5-8(4)10(12)14-6-13-9(11)7(2)3;1-9(2,3)7(11)8(12)10(4,5)6;1-3-5-8(10)12-6-11-7(9)4-2;1-5(2)7(9)8(10)6(3)4;1-3-5(7)6(8)4-2/h7-8H2,1-6H3;7-8H,5-6H2,1-4H3;1-6H3;3-6H2,1-2H3;5-6H,1-4H3;3-4H2,1-2H3. The van der Waals surface area contributed by atoms with Crippen molar-refractivity contribution in [2.75, 3.05) is 20.4 Å². The lowest BCUT2D eigenvalue weighted by atomic mass is 9.79. The molecule has 0 aromatic carbocycles. The highest BCUT2D eigenvalue weighted by Gasteiger charge is 2.35. The van der Waals surface area contributed by atoms with Crippen LogP contribution in [0.3, 0.4) is 0 Å². The van der Waals surface area contributed by atoms with Gasteiger partial charge < -0.3 is 28.4 Å². The molecule has 0 saturated heterocycles. The van der Waals surface area contributed by atoms with Crippen molar-refractivity contribution in [3.8, 4) is 0 Å². The van der Waals surface area contributed by atoms with E-state index in [-0.39, 0.29) is 115 Å². The van der Waals surface area contributed by atoms with Crippen LogP contribution in [-0.4, -0.2) is 90.9 Å². The monoisotopic (exact) mass is 1030 g/mol. The predicted molar refractivity (Wildman–Crippen MR) is 273 cm³/mol. The molecule has 0 aliphatic rings. The van der Waals surface area contributed by atoms with E-state index in [4.69, 9.17) is 14.2 Å². The molecule has 0 spiro atoms. The SMILES string of the molecule is CC(C)(C)C(=O)C(=O)C(C)(C)C.CC(C)C(=O)C(=O)C(C)C.CCC(=O)C(=O)CC.CCC(C)(C)C(=O)OCOC(=O)C(C)(C)C.CCC(C)C(=O)OCOC(=O)C(C)C.CCCC(=O)OCOC(=O)CC. The van der Waals surface area contributed by atoms with Crippen LogP contribution in [0.1, 0.15) is 211 Å². The number of rotatable bonds is 21. The molecule has 0 fully saturated rings. The first-order chi connectivity index (χ1) is 32.5. The van der Waals surface area contributed by atoms with Gasteiger partial charge in [0.1, 0.15) is 0 Å². The summed E-state index contributed by atoms with van der Waals surface area (Å²) >= 11 is 0. The van der Waals surface area contributed by atoms with Gasteiger partial charge in [0.05, 0.1) is 22.7 Å². The summed E-state index contributed by atoms with van der Waals surface area (Å²) in [7, 11) is 0. The van der Waals surface area contributed by atoms with E-state index in [0.29, 0.717) is 32.1 Å². The lowest BCUT2D eigenvalue weighted by molar-refractivity contribution is -0.179. The van der Waals surface area contributed by atoms with Crippen LogP contribution in [0.2, 0.25) is 0 Å². The number of carbonyl (C=O) groups excluding carboxylic acids is 12. The second kappa shape index (κ2) is 40.3. The maximum Gasteiger partial charge on any atom is 0.314 e. The molecule has 1 atom stereocenters. The summed E-state index contributed by atoms with van der Waals surface area (Å²) in [5.41, 5.74) is -2.21. The molecule has 0 amide bonds. The van der Waals surface area contributed by atoms with Crippen molar-refractivity contribution >= 4 is 70.5 Å². The zero-order valence-electron chi connectivity index (χ0n) is 48.7. The van der Waals surface area contributed by atoms with Gasteiger partial charge >= 0.3 is 35.8 Å². The van der Waals surface area contributed by atoms with Gasteiger partial charge in [-0.05, 0) is 53.9 Å². The van der Waals surface area contributed by atoms with E-state index in [1.54, 1.807) is 145 Å². The predicted octanol–water partition coefficient (Wildman–Crippen LogP) is 10.1. The van der Waals surface area contributed by atoms with Gasteiger partial charge in [-0.15, -0.1) is 0 Å². The third-order valence-corrected chi connectivity index (χ3v) is 9.31. The number of hydrogen-bond acceptors (Lipinski definition) is 18. The van der Waals surface area contributed by atoms with Gasteiger partial charge in [0.25, 0.3) is 0 Å². The van der Waals surface area contributed by atoms with Crippen molar-refractivity contribution in [2.24, 2.45) is 45.3 Å². The smallest absolute Gasteiger partial charge is 0.314 e. The van der Waals surface area contributed by atoms with Crippen molar-refractivity contribution in [1.82, 2.24) is 0 Å². The quantitative estimate of drug-likeness (QED) is 0.0448. The third-order valence-electron chi connectivity index (χ3n) is 9.31. The maximum atomic E-state index is 11.5. The zero-order chi connectivity index (χ0) is 58.6. The first-order valence-corrected chi connectivity index (χ1v) is 24.8. The fourth-order valence-electron chi connectivity index (χ4n) is 3.50. The van der Waals surface area contributed by atoms with E-state index in [1.807, 2.05) is 20.8 Å². The van der Waals surface area contributed by atoms with Gasteiger partial charge in [-0.3, -0.25) is 57.5 Å². The number of Topliss-reactive ketones (excluding diaryl/α,β-unsaturated/α-hetero) is 6. The Balaban J connectivity index is -0.000000184. The molecule has 0 aromatic rings. The second-order valence-electron chi connectivity index (χ2n) is 21.0. The molecule has 0 aromatic heterocycles. The van der Waals surface area contributed by atoms with Gasteiger partial charge in [-0.25, -0.2) is 0 Å². The van der Waals surface area contributed by atoms with E-state index in [9.17, 15) is 57.5 Å². The van der Waals surface area contributed by atoms with Crippen molar-refractivity contribution in [3.63, 3.8) is 0 Å². The Kier molecular flexibility index (Phi) is 43.9. The Morgan fingerprint density at radius 1 is 0.389 bits per heavy atom. The first kappa shape index (κ1) is 78.3. The molecule has 18 heteroatoms. The summed E-state index contributed by atoms with van der Waals surface area (Å²) < 4.78 is 28.2. The van der Waals surface area contributed by atoms with Crippen LogP contribution >= 0.6 is 0 Å². The summed E-state index contributed by atoms with van der Waals surface area (Å²) in [6.07, 6.45) is 3.48. The molecule has 0 aliphatic heterocycles. The second-order valence-corrected chi connectivity index (χ2v) is 21.0. The minimum atomic E-state index is -0.577. The normalized spacial score (nSPS) is 11.2. The lowest BCUT2D eigenvalue weighted by Crippen LogP contribution is -2.36. The fraction of sp³-hybridized carbons (Fsp3) is 0.778. The molecular formula is C54H96O18. The van der Waals surface area contributed by atoms with Crippen LogP contribution in [0.25, 0.3) is 0 Å². The Hall–Kier alpha value is -5.16. The van der Waals surface area contributed by atoms with Crippen molar-refractivity contribution < 1.29 is 86.0 Å². The topological polar surface area (TPSA) is 260 Å². The average Bonchev–Trinajstić information content (AvgIpc) is 3.29. The number of hydrogen-bond donors (Lipinski definition) is 0. The molecular weight excluding hydrogens is 937 g/mol. The van der Waals surface area contributed by atoms with Gasteiger partial charge in [0, 0.05) is 48.3 Å². The van der Waals surface area contributed by atoms with E-state index in [1.165, 1.54) is 0 Å². The Bertz CT molecular complexity index is 1640. The van der Waals surface area contributed by atoms with E-state index in [2.05, 4.69) is 14.2 Å². The number of esters is 6. The molecule has 0 heterocycles. The van der Waals surface area contributed by atoms with Crippen LogP contribution in [0.4, 0.5) is 0 Å². The van der Waals surface area contributed by atoms with Gasteiger partial charge in [0.15, 0.2) is 11.6 Å². The van der Waals surface area contributed by atoms with Crippen LogP contribution < -0.4 is 0 Å². The largest absolute Gasteiger partial charge is 0.428 e. The number of ketones is 6. The molecule has 0 saturated carbocycles. The minimum absolute atomic E-state index is 0.146.